The molecule has 1 aliphatic rings. The van der Waals surface area contributed by atoms with Crippen molar-refractivity contribution in [1.29, 1.82) is 0 Å². The number of rotatable bonds is 0. The fraction of sp³-hybridized carbons (Fsp3) is 0. The van der Waals surface area contributed by atoms with Crippen molar-refractivity contribution in [3.8, 4) is 0 Å². The Balaban J connectivity index is 2.41. The van der Waals surface area contributed by atoms with E-state index in [1.165, 1.54) is 23.3 Å². The van der Waals surface area contributed by atoms with Gasteiger partial charge in [-0.25, -0.2) is 0 Å². The van der Waals surface area contributed by atoms with Crippen molar-refractivity contribution in [2.45, 2.75) is 4.21 Å². The number of hydrogen-bond acceptors (Lipinski definition) is 3. The van der Waals surface area contributed by atoms with Crippen LogP contribution in [0.5, 0.6) is 0 Å². The molecule has 1 aromatic rings. The summed E-state index contributed by atoms with van der Waals surface area (Å²) in [6.45, 7) is 0. The van der Waals surface area contributed by atoms with E-state index in [0.717, 1.165) is 14.2 Å². The third-order valence-electron chi connectivity index (χ3n) is 1.15. The van der Waals surface area contributed by atoms with Crippen LogP contribution >= 0.6 is 47.1 Å². The van der Waals surface area contributed by atoms with Gasteiger partial charge in [0.25, 0.3) is 0 Å². The molecular weight excluding hydrogens is 220 g/mol. The minimum atomic E-state index is 0.636. The second-order valence-electron chi connectivity index (χ2n) is 1.91. The highest BCUT2D eigenvalue weighted by Gasteiger charge is 2.15. The number of anilines is 1. The Hall–Kier alpha value is 0.0300. The maximum atomic E-state index is 5.79. The Bertz CT molecular complexity index is 309. The summed E-state index contributed by atoms with van der Waals surface area (Å²) >= 11 is 13.7. The number of nitrogens with one attached hydrogen (secondary N) is 2. The quantitative estimate of drug-likeness (QED) is 0.521. The van der Waals surface area contributed by atoms with Crippen molar-refractivity contribution in [2.24, 2.45) is 0 Å². The zero-order valence-corrected chi connectivity index (χ0v) is 8.39. The summed E-state index contributed by atoms with van der Waals surface area (Å²) < 4.78 is 4.85. The van der Waals surface area contributed by atoms with Gasteiger partial charge in [0.2, 0.25) is 0 Å². The zero-order valence-electron chi connectivity index (χ0n) is 5.18. The molecule has 1 aromatic heterocycles. The predicted octanol–water partition coefficient (Wildman–Crippen LogP) is 2.71. The van der Waals surface area contributed by atoms with E-state index in [9.17, 15) is 0 Å². The van der Waals surface area contributed by atoms with Gasteiger partial charge in [0.15, 0.2) is 5.11 Å². The average molecular weight is 223 g/mol. The van der Waals surface area contributed by atoms with Gasteiger partial charge in [-0.05, 0) is 30.2 Å². The van der Waals surface area contributed by atoms with Crippen molar-refractivity contribution in [2.75, 3.05) is 5.32 Å². The van der Waals surface area contributed by atoms with E-state index in [1.807, 2.05) is 6.07 Å². The first-order valence-corrected chi connectivity index (χ1v) is 5.21. The molecule has 6 heteroatoms. The Morgan fingerprint density at radius 3 is 3.18 bits per heavy atom. The molecule has 1 aliphatic heterocycles. The second kappa shape index (κ2) is 2.82. The minimum absolute atomic E-state index is 0.636. The number of fused-ring (bicyclic) bond motifs is 1. The van der Waals surface area contributed by atoms with Crippen LogP contribution in [0.4, 0.5) is 5.69 Å². The van der Waals surface area contributed by atoms with Crippen LogP contribution in [-0.4, -0.2) is 5.11 Å². The van der Waals surface area contributed by atoms with Gasteiger partial charge in [-0.2, -0.15) is 0 Å². The maximum absolute atomic E-state index is 5.79. The molecule has 0 unspecified atom stereocenters. The normalized spacial score (nSPS) is 15.2. The molecule has 0 radical (unpaired) electrons. The summed E-state index contributed by atoms with van der Waals surface area (Å²) in [7, 11) is 0. The van der Waals surface area contributed by atoms with Crippen LogP contribution in [0.25, 0.3) is 0 Å². The highest BCUT2D eigenvalue weighted by Crippen LogP contribution is 2.39. The molecule has 0 spiro atoms. The molecule has 0 bridgehead atoms. The van der Waals surface area contributed by atoms with Crippen LogP contribution in [0, 0.1) is 0 Å². The first-order chi connectivity index (χ1) is 5.25. The van der Waals surface area contributed by atoms with E-state index in [2.05, 4.69) is 10.0 Å². The standard InChI is InChI=1S/C5H3ClN2S3/c6-3-1-2-4(10-3)11-8-5(9)7-2/h1H,(H2,7,8,9). The molecule has 58 valence electrons. The monoisotopic (exact) mass is 222 g/mol. The molecular formula is C5H3ClN2S3. The predicted molar refractivity (Wildman–Crippen MR) is 54.5 cm³/mol. The van der Waals surface area contributed by atoms with Gasteiger partial charge >= 0.3 is 0 Å². The van der Waals surface area contributed by atoms with Crippen LogP contribution in [0.3, 0.4) is 0 Å². The van der Waals surface area contributed by atoms with Crippen molar-refractivity contribution >= 4 is 57.9 Å². The van der Waals surface area contributed by atoms with E-state index in [0.29, 0.717) is 5.11 Å². The van der Waals surface area contributed by atoms with Crippen LogP contribution in [0.15, 0.2) is 10.3 Å². The molecule has 2 N–H and O–H groups in total. The molecule has 0 aromatic carbocycles. The van der Waals surface area contributed by atoms with Crippen molar-refractivity contribution in [3.63, 3.8) is 0 Å². The Labute approximate surface area is 82.5 Å². The molecule has 0 atom stereocenters. The van der Waals surface area contributed by atoms with E-state index < -0.39 is 0 Å². The molecule has 0 aliphatic carbocycles. The summed E-state index contributed by atoms with van der Waals surface area (Å²) in [6.07, 6.45) is 0. The number of thiophene rings is 1. The van der Waals surface area contributed by atoms with E-state index in [1.54, 1.807) is 0 Å². The van der Waals surface area contributed by atoms with Crippen molar-refractivity contribution < 1.29 is 0 Å². The maximum Gasteiger partial charge on any atom is 0.181 e. The van der Waals surface area contributed by atoms with Gasteiger partial charge in [0.1, 0.15) is 4.21 Å². The fourth-order valence-electron chi connectivity index (χ4n) is 0.749. The molecule has 11 heavy (non-hydrogen) atoms. The topological polar surface area (TPSA) is 24.1 Å². The molecule has 0 amide bonds. The minimum Gasteiger partial charge on any atom is -0.330 e. The van der Waals surface area contributed by atoms with Crippen LogP contribution in [0.1, 0.15) is 0 Å². The second-order valence-corrected chi connectivity index (χ2v) is 5.08. The van der Waals surface area contributed by atoms with Crippen molar-refractivity contribution in [3.05, 3.63) is 10.4 Å². The first-order valence-electron chi connectivity index (χ1n) is 2.79. The van der Waals surface area contributed by atoms with E-state index in [-0.39, 0.29) is 0 Å². The Morgan fingerprint density at radius 1 is 1.55 bits per heavy atom. The molecule has 2 rings (SSSR count). The summed E-state index contributed by atoms with van der Waals surface area (Å²) in [4.78, 5) is 0. The Morgan fingerprint density at radius 2 is 2.36 bits per heavy atom. The summed E-state index contributed by atoms with van der Waals surface area (Å²) in [6, 6.07) is 1.88. The zero-order chi connectivity index (χ0) is 7.84. The highest BCUT2D eigenvalue weighted by molar-refractivity contribution is 8.01. The fourth-order valence-corrected chi connectivity index (χ4v) is 3.05. The summed E-state index contributed by atoms with van der Waals surface area (Å²) in [5.41, 5.74) is 1.01. The highest BCUT2D eigenvalue weighted by atomic mass is 35.5. The lowest BCUT2D eigenvalue weighted by atomic mass is 10.5. The van der Waals surface area contributed by atoms with Gasteiger partial charge < -0.3 is 10.0 Å². The van der Waals surface area contributed by atoms with Gasteiger partial charge in [0, 0.05) is 0 Å². The molecule has 2 nitrogen and oxygen atoms in total. The average Bonchev–Trinajstić information content (AvgIpc) is 2.27. The lowest BCUT2D eigenvalue weighted by Gasteiger charge is -2.14. The third kappa shape index (κ3) is 1.46. The molecule has 0 saturated carbocycles. The van der Waals surface area contributed by atoms with E-state index in [4.69, 9.17) is 23.8 Å². The smallest absolute Gasteiger partial charge is 0.181 e. The molecule has 0 fully saturated rings. The SMILES string of the molecule is S=C1NSc2sc(Cl)cc2N1. The van der Waals surface area contributed by atoms with Crippen LogP contribution in [-0.2, 0) is 0 Å². The largest absolute Gasteiger partial charge is 0.330 e. The number of halogens is 1. The first kappa shape index (κ1) is 7.67. The lowest BCUT2D eigenvalue weighted by Crippen LogP contribution is -2.25. The third-order valence-corrected chi connectivity index (χ3v) is 3.76. The van der Waals surface area contributed by atoms with E-state index >= 15 is 0 Å². The van der Waals surface area contributed by atoms with Gasteiger partial charge in [-0.3, -0.25) is 0 Å². The Kier molecular flexibility index (Phi) is 1.97. The van der Waals surface area contributed by atoms with Gasteiger partial charge in [0.05, 0.1) is 10.0 Å². The van der Waals surface area contributed by atoms with Crippen LogP contribution in [0.2, 0.25) is 4.34 Å². The molecule has 2 heterocycles. The summed E-state index contributed by atoms with van der Waals surface area (Å²) in [5, 5.41) is 3.64. The van der Waals surface area contributed by atoms with Crippen molar-refractivity contribution in [1.82, 2.24) is 4.72 Å². The number of hydrogen-bond donors (Lipinski definition) is 2. The van der Waals surface area contributed by atoms with Crippen LogP contribution < -0.4 is 10.0 Å². The van der Waals surface area contributed by atoms with Gasteiger partial charge in [-0.15, -0.1) is 11.3 Å². The lowest BCUT2D eigenvalue weighted by molar-refractivity contribution is 1.45. The molecule has 0 saturated heterocycles. The van der Waals surface area contributed by atoms with Gasteiger partial charge in [-0.1, -0.05) is 11.6 Å². The number of thiocarbonyl (C=S) groups is 1. The summed E-state index contributed by atoms with van der Waals surface area (Å²) in [5.74, 6) is 0.